The quantitative estimate of drug-likeness (QED) is 0.563. The number of nitriles is 1. The summed E-state index contributed by atoms with van der Waals surface area (Å²) in [5.74, 6) is -1.55. The van der Waals surface area contributed by atoms with E-state index in [1.807, 2.05) is 0 Å². The van der Waals surface area contributed by atoms with Crippen LogP contribution in [0, 0.1) is 11.3 Å². The topological polar surface area (TPSA) is 99.4 Å². The number of esters is 1. The fourth-order valence-electron chi connectivity index (χ4n) is 0.819. The number of ether oxygens (including phenoxy) is 1. The second-order valence-electron chi connectivity index (χ2n) is 2.58. The van der Waals surface area contributed by atoms with Crippen LogP contribution in [0.25, 0.3) is 0 Å². The first-order valence-corrected chi connectivity index (χ1v) is 4.00. The summed E-state index contributed by atoms with van der Waals surface area (Å²) in [5.41, 5.74) is -1.98. The summed E-state index contributed by atoms with van der Waals surface area (Å²) < 4.78 is 4.55. The van der Waals surface area contributed by atoms with Crippen molar-refractivity contribution in [2.24, 2.45) is 0 Å². The van der Waals surface area contributed by atoms with Crippen molar-refractivity contribution in [3.05, 3.63) is 0 Å². The Bertz CT molecular complexity index is 271. The number of nitrogens with one attached hydrogen (secondary N) is 1. The third kappa shape index (κ3) is 2.71. The largest absolute Gasteiger partial charge is 0.463 e. The van der Waals surface area contributed by atoms with Crippen LogP contribution in [-0.4, -0.2) is 35.7 Å². The average molecular weight is 200 g/mol. The molecule has 0 heterocycles. The molecule has 6 nitrogen and oxygen atoms in total. The van der Waals surface area contributed by atoms with Crippen molar-refractivity contribution < 1.29 is 19.4 Å². The van der Waals surface area contributed by atoms with Gasteiger partial charge in [0, 0.05) is 6.92 Å². The molecule has 1 atom stereocenters. The zero-order valence-electron chi connectivity index (χ0n) is 8.03. The van der Waals surface area contributed by atoms with Crippen molar-refractivity contribution in [2.45, 2.75) is 19.4 Å². The first-order chi connectivity index (χ1) is 6.52. The fraction of sp³-hybridized carbons (Fsp3) is 0.625. The van der Waals surface area contributed by atoms with Crippen LogP contribution in [0.4, 0.5) is 0 Å². The summed E-state index contributed by atoms with van der Waals surface area (Å²) in [6, 6.07) is 1.52. The molecule has 0 aliphatic heterocycles. The van der Waals surface area contributed by atoms with Gasteiger partial charge < -0.3 is 15.2 Å². The Balaban J connectivity index is 4.79. The highest BCUT2D eigenvalue weighted by Crippen LogP contribution is 2.05. The van der Waals surface area contributed by atoms with E-state index >= 15 is 0 Å². The highest BCUT2D eigenvalue weighted by atomic mass is 16.5. The van der Waals surface area contributed by atoms with Crippen molar-refractivity contribution in [3.8, 4) is 6.07 Å². The number of amides is 1. The van der Waals surface area contributed by atoms with E-state index in [2.05, 4.69) is 10.1 Å². The van der Waals surface area contributed by atoms with Gasteiger partial charge in [-0.25, -0.2) is 4.79 Å². The smallest absolute Gasteiger partial charge is 0.349 e. The zero-order valence-corrected chi connectivity index (χ0v) is 8.03. The van der Waals surface area contributed by atoms with Crippen LogP contribution in [0.1, 0.15) is 13.8 Å². The van der Waals surface area contributed by atoms with Crippen molar-refractivity contribution in [1.82, 2.24) is 5.32 Å². The normalized spacial score (nSPS) is 13.6. The van der Waals surface area contributed by atoms with E-state index < -0.39 is 24.0 Å². The Kier molecular flexibility index (Phi) is 4.59. The average Bonchev–Trinajstić information content (AvgIpc) is 2.14. The standard InChI is InChI=1S/C8H12N2O4/c1-3-14-7(13)8(4-9,5-11)10-6(2)12/h11H,3,5H2,1-2H3,(H,10,12). The number of carbonyl (C=O) groups is 2. The molecular formula is C8H12N2O4. The summed E-state index contributed by atoms with van der Waals surface area (Å²) in [6.07, 6.45) is 0. The maximum atomic E-state index is 11.2. The van der Waals surface area contributed by atoms with Crippen LogP contribution in [-0.2, 0) is 14.3 Å². The number of nitrogens with zero attached hydrogens (tertiary/aromatic N) is 1. The summed E-state index contributed by atoms with van der Waals surface area (Å²) in [7, 11) is 0. The molecule has 1 unspecified atom stereocenters. The monoisotopic (exact) mass is 200 g/mol. The Hall–Kier alpha value is -1.61. The molecule has 6 heteroatoms. The summed E-state index contributed by atoms with van der Waals surface area (Å²) in [5, 5.41) is 19.6. The molecule has 0 fully saturated rings. The molecule has 14 heavy (non-hydrogen) atoms. The van der Waals surface area contributed by atoms with E-state index in [1.165, 1.54) is 6.07 Å². The van der Waals surface area contributed by atoms with Gasteiger partial charge in [0.2, 0.25) is 11.4 Å². The number of aliphatic hydroxyl groups is 1. The predicted octanol–water partition coefficient (Wildman–Crippen LogP) is -1.06. The minimum absolute atomic E-state index is 0.0713. The lowest BCUT2D eigenvalue weighted by Gasteiger charge is -2.22. The third-order valence-electron chi connectivity index (χ3n) is 1.44. The first-order valence-electron chi connectivity index (χ1n) is 4.00. The van der Waals surface area contributed by atoms with Crippen LogP contribution in [0.5, 0.6) is 0 Å². The van der Waals surface area contributed by atoms with Crippen LogP contribution < -0.4 is 5.32 Å². The van der Waals surface area contributed by atoms with Gasteiger partial charge in [-0.2, -0.15) is 5.26 Å². The van der Waals surface area contributed by atoms with Gasteiger partial charge in [-0.05, 0) is 6.92 Å². The SMILES string of the molecule is CCOC(=O)C(C#N)(CO)NC(C)=O. The van der Waals surface area contributed by atoms with Gasteiger partial charge in [-0.15, -0.1) is 0 Å². The molecular weight excluding hydrogens is 188 g/mol. The first kappa shape index (κ1) is 12.4. The van der Waals surface area contributed by atoms with E-state index in [0.717, 1.165) is 6.92 Å². The van der Waals surface area contributed by atoms with Gasteiger partial charge in [0.15, 0.2) is 0 Å². The van der Waals surface area contributed by atoms with E-state index in [-0.39, 0.29) is 6.61 Å². The molecule has 0 bridgehead atoms. The molecule has 1 amide bonds. The lowest BCUT2D eigenvalue weighted by molar-refractivity contribution is -0.152. The van der Waals surface area contributed by atoms with Crippen molar-refractivity contribution in [1.29, 1.82) is 5.26 Å². The molecule has 0 aromatic heterocycles. The molecule has 0 rings (SSSR count). The van der Waals surface area contributed by atoms with E-state index in [4.69, 9.17) is 10.4 Å². The molecule has 78 valence electrons. The van der Waals surface area contributed by atoms with Crippen molar-refractivity contribution in [2.75, 3.05) is 13.2 Å². The number of carbonyl (C=O) groups excluding carboxylic acids is 2. The second kappa shape index (κ2) is 5.19. The molecule has 0 saturated heterocycles. The van der Waals surface area contributed by atoms with Gasteiger partial charge in [0.1, 0.15) is 6.07 Å². The minimum Gasteiger partial charge on any atom is -0.463 e. The van der Waals surface area contributed by atoms with Crippen LogP contribution >= 0.6 is 0 Å². The number of aliphatic hydroxyl groups excluding tert-OH is 1. The zero-order chi connectivity index (χ0) is 11.2. The van der Waals surface area contributed by atoms with Gasteiger partial charge in [-0.1, -0.05) is 0 Å². The van der Waals surface area contributed by atoms with Crippen LogP contribution in [0.2, 0.25) is 0 Å². The van der Waals surface area contributed by atoms with Gasteiger partial charge >= 0.3 is 5.97 Å². The van der Waals surface area contributed by atoms with E-state index in [0.29, 0.717) is 0 Å². The number of hydrogen-bond donors (Lipinski definition) is 2. The lowest BCUT2D eigenvalue weighted by atomic mass is 10.0. The predicted molar refractivity (Wildman–Crippen MR) is 45.9 cm³/mol. The highest BCUT2D eigenvalue weighted by molar-refractivity contribution is 5.90. The summed E-state index contributed by atoms with van der Waals surface area (Å²) >= 11 is 0. The molecule has 0 aliphatic rings. The molecule has 0 aromatic carbocycles. The second-order valence-corrected chi connectivity index (χ2v) is 2.58. The molecule has 0 spiro atoms. The van der Waals surface area contributed by atoms with Gasteiger partial charge in [0.05, 0.1) is 13.2 Å². The van der Waals surface area contributed by atoms with E-state index in [9.17, 15) is 9.59 Å². The van der Waals surface area contributed by atoms with Gasteiger partial charge in [-0.3, -0.25) is 4.79 Å². The number of hydrogen-bond acceptors (Lipinski definition) is 5. The Labute approximate surface area is 81.5 Å². The molecule has 0 aromatic rings. The minimum atomic E-state index is -1.98. The summed E-state index contributed by atoms with van der Waals surface area (Å²) in [6.45, 7) is 1.95. The molecule has 0 aliphatic carbocycles. The lowest BCUT2D eigenvalue weighted by Crippen LogP contribution is -2.56. The maximum absolute atomic E-state index is 11.2. The van der Waals surface area contributed by atoms with Crippen molar-refractivity contribution >= 4 is 11.9 Å². The van der Waals surface area contributed by atoms with Crippen LogP contribution in [0.3, 0.4) is 0 Å². The summed E-state index contributed by atoms with van der Waals surface area (Å²) in [4.78, 5) is 21.9. The molecule has 2 N–H and O–H groups in total. The molecule has 0 saturated carbocycles. The van der Waals surface area contributed by atoms with Gasteiger partial charge in [0.25, 0.3) is 0 Å². The Morgan fingerprint density at radius 3 is 2.50 bits per heavy atom. The number of rotatable bonds is 4. The Morgan fingerprint density at radius 2 is 2.21 bits per heavy atom. The fourth-order valence-corrected chi connectivity index (χ4v) is 0.819. The third-order valence-corrected chi connectivity index (χ3v) is 1.44. The molecule has 0 radical (unpaired) electrons. The van der Waals surface area contributed by atoms with Crippen molar-refractivity contribution in [3.63, 3.8) is 0 Å². The highest BCUT2D eigenvalue weighted by Gasteiger charge is 2.40. The maximum Gasteiger partial charge on any atom is 0.349 e. The Morgan fingerprint density at radius 1 is 1.64 bits per heavy atom. The van der Waals surface area contributed by atoms with E-state index in [1.54, 1.807) is 6.92 Å². The van der Waals surface area contributed by atoms with Crippen LogP contribution in [0.15, 0.2) is 0 Å².